The van der Waals surface area contributed by atoms with Crippen LogP contribution < -0.4 is 10.1 Å². The molecular weight excluding hydrogens is 256 g/mol. The van der Waals surface area contributed by atoms with Crippen LogP contribution in [0.4, 0.5) is 0 Å². The zero-order valence-electron chi connectivity index (χ0n) is 11.4. The van der Waals surface area contributed by atoms with Gasteiger partial charge in [0.05, 0.1) is 13.2 Å². The Bertz CT molecular complexity index is 542. The van der Waals surface area contributed by atoms with E-state index in [4.69, 9.17) is 4.74 Å². The summed E-state index contributed by atoms with van der Waals surface area (Å²) in [6.07, 6.45) is 1.34. The molecule has 1 aromatic rings. The molecule has 0 aliphatic carbocycles. The maximum atomic E-state index is 12.3. The average Bonchev–Trinajstić information content (AvgIpc) is 2.82. The molecule has 1 saturated heterocycles. The van der Waals surface area contributed by atoms with E-state index in [0.29, 0.717) is 32.7 Å². The minimum atomic E-state index is 0.0645. The van der Waals surface area contributed by atoms with Gasteiger partial charge in [-0.2, -0.15) is 0 Å². The minimum Gasteiger partial charge on any atom is -0.493 e. The van der Waals surface area contributed by atoms with Gasteiger partial charge in [0, 0.05) is 38.0 Å². The quantitative estimate of drug-likeness (QED) is 0.821. The number of ketones is 1. The van der Waals surface area contributed by atoms with Gasteiger partial charge in [-0.05, 0) is 23.8 Å². The number of carbonyl (C=O) groups is 2. The fourth-order valence-corrected chi connectivity index (χ4v) is 2.63. The van der Waals surface area contributed by atoms with Crippen molar-refractivity contribution < 1.29 is 14.3 Å². The predicted molar refractivity (Wildman–Crippen MR) is 74.0 cm³/mol. The van der Waals surface area contributed by atoms with Crippen molar-refractivity contribution >= 4 is 11.7 Å². The van der Waals surface area contributed by atoms with Gasteiger partial charge in [-0.1, -0.05) is 0 Å². The van der Waals surface area contributed by atoms with Crippen LogP contribution in [0, 0.1) is 0 Å². The second-order valence-corrected chi connectivity index (χ2v) is 5.22. The van der Waals surface area contributed by atoms with Crippen molar-refractivity contribution in [3.8, 4) is 5.75 Å². The maximum Gasteiger partial charge on any atom is 0.221 e. The predicted octanol–water partition coefficient (Wildman–Crippen LogP) is 0.626. The fourth-order valence-electron chi connectivity index (χ4n) is 2.63. The number of hydrogen-bond donors (Lipinski definition) is 1. The van der Waals surface area contributed by atoms with E-state index in [2.05, 4.69) is 5.32 Å². The number of benzene rings is 1. The summed E-state index contributed by atoms with van der Waals surface area (Å²) in [5.41, 5.74) is 1.85. The summed E-state index contributed by atoms with van der Waals surface area (Å²) in [7, 11) is 0. The summed E-state index contributed by atoms with van der Waals surface area (Å²) in [5.74, 6) is 1.06. The lowest BCUT2D eigenvalue weighted by atomic mass is 10.1. The number of fused-ring (bicyclic) bond motifs is 1. The molecule has 106 valence electrons. The lowest BCUT2D eigenvalue weighted by Crippen LogP contribution is -2.33. The Morgan fingerprint density at radius 1 is 1.30 bits per heavy atom. The van der Waals surface area contributed by atoms with Crippen molar-refractivity contribution in [3.05, 3.63) is 29.3 Å². The maximum absolute atomic E-state index is 12.3. The Hall–Kier alpha value is -1.88. The van der Waals surface area contributed by atoms with E-state index in [1.807, 2.05) is 23.1 Å². The monoisotopic (exact) mass is 274 g/mol. The Balaban J connectivity index is 1.65. The zero-order chi connectivity index (χ0) is 13.9. The van der Waals surface area contributed by atoms with Crippen LogP contribution in [0.15, 0.2) is 18.2 Å². The molecule has 5 heteroatoms. The largest absolute Gasteiger partial charge is 0.493 e. The fraction of sp³-hybridized carbons (Fsp3) is 0.467. The molecule has 0 atom stereocenters. The molecule has 1 N–H and O–H groups in total. The highest BCUT2D eigenvalue weighted by Gasteiger charge is 2.19. The van der Waals surface area contributed by atoms with Crippen LogP contribution in [0.1, 0.15) is 22.3 Å². The lowest BCUT2D eigenvalue weighted by Gasteiger charge is -2.17. The van der Waals surface area contributed by atoms with Gasteiger partial charge >= 0.3 is 0 Å². The molecule has 1 amide bonds. The number of nitrogens with one attached hydrogen (secondary N) is 1. The standard InChI is InChI=1S/C15H18N2O3/c18-13(10-17-6-3-15(19)16-5-7-17)11-1-2-14-12(9-11)4-8-20-14/h1-2,9H,3-8,10H2,(H,16,19). The van der Waals surface area contributed by atoms with Gasteiger partial charge in [-0.15, -0.1) is 0 Å². The number of hydrogen-bond acceptors (Lipinski definition) is 4. The van der Waals surface area contributed by atoms with E-state index in [1.54, 1.807) is 0 Å². The molecule has 0 spiro atoms. The first-order chi connectivity index (χ1) is 9.72. The van der Waals surface area contributed by atoms with Crippen LogP contribution in [0.3, 0.4) is 0 Å². The number of amides is 1. The molecule has 1 aromatic carbocycles. The van der Waals surface area contributed by atoms with Crippen LogP contribution in [-0.2, 0) is 11.2 Å². The third-order valence-corrected chi connectivity index (χ3v) is 3.78. The Labute approximate surface area is 117 Å². The smallest absolute Gasteiger partial charge is 0.221 e. The van der Waals surface area contributed by atoms with Crippen molar-refractivity contribution in [1.29, 1.82) is 0 Å². The first-order valence-corrected chi connectivity index (χ1v) is 7.00. The Morgan fingerprint density at radius 2 is 2.20 bits per heavy atom. The molecular formula is C15H18N2O3. The highest BCUT2D eigenvalue weighted by Crippen LogP contribution is 2.26. The van der Waals surface area contributed by atoms with E-state index >= 15 is 0 Å². The normalized spacial score (nSPS) is 18.9. The molecule has 0 radical (unpaired) electrons. The third kappa shape index (κ3) is 2.82. The van der Waals surface area contributed by atoms with Crippen LogP contribution in [0.5, 0.6) is 5.75 Å². The molecule has 5 nitrogen and oxygen atoms in total. The highest BCUT2D eigenvalue weighted by molar-refractivity contribution is 5.98. The van der Waals surface area contributed by atoms with Gasteiger partial charge in [-0.25, -0.2) is 0 Å². The molecule has 0 aromatic heterocycles. The second kappa shape index (κ2) is 5.63. The summed E-state index contributed by atoms with van der Waals surface area (Å²) < 4.78 is 5.44. The van der Waals surface area contributed by atoms with E-state index in [9.17, 15) is 9.59 Å². The van der Waals surface area contributed by atoms with Gasteiger partial charge in [0.25, 0.3) is 0 Å². The zero-order valence-corrected chi connectivity index (χ0v) is 11.4. The van der Waals surface area contributed by atoms with Gasteiger partial charge in [0.15, 0.2) is 5.78 Å². The van der Waals surface area contributed by atoms with Crippen molar-refractivity contribution in [3.63, 3.8) is 0 Å². The summed E-state index contributed by atoms with van der Waals surface area (Å²) in [6, 6.07) is 5.64. The van der Waals surface area contributed by atoms with Crippen molar-refractivity contribution in [2.45, 2.75) is 12.8 Å². The van der Waals surface area contributed by atoms with E-state index in [0.717, 1.165) is 29.8 Å². The van der Waals surface area contributed by atoms with Crippen molar-refractivity contribution in [1.82, 2.24) is 10.2 Å². The van der Waals surface area contributed by atoms with E-state index < -0.39 is 0 Å². The first-order valence-electron chi connectivity index (χ1n) is 7.00. The lowest BCUT2D eigenvalue weighted by molar-refractivity contribution is -0.120. The highest BCUT2D eigenvalue weighted by atomic mass is 16.5. The molecule has 20 heavy (non-hydrogen) atoms. The molecule has 2 aliphatic heterocycles. The van der Waals surface area contributed by atoms with E-state index in [-0.39, 0.29) is 11.7 Å². The molecule has 0 unspecified atom stereocenters. The average molecular weight is 274 g/mol. The first kappa shape index (κ1) is 13.1. The number of ether oxygens (including phenoxy) is 1. The van der Waals surface area contributed by atoms with Gasteiger partial charge in [-0.3, -0.25) is 14.5 Å². The minimum absolute atomic E-state index is 0.0645. The van der Waals surface area contributed by atoms with Crippen LogP contribution in [-0.4, -0.2) is 49.4 Å². The van der Waals surface area contributed by atoms with Crippen LogP contribution >= 0.6 is 0 Å². The van der Waals surface area contributed by atoms with Crippen molar-refractivity contribution in [2.24, 2.45) is 0 Å². The van der Waals surface area contributed by atoms with E-state index in [1.165, 1.54) is 0 Å². The van der Waals surface area contributed by atoms with Crippen LogP contribution in [0.25, 0.3) is 0 Å². The van der Waals surface area contributed by atoms with Crippen molar-refractivity contribution in [2.75, 3.05) is 32.8 Å². The summed E-state index contributed by atoms with van der Waals surface area (Å²) >= 11 is 0. The second-order valence-electron chi connectivity index (χ2n) is 5.22. The number of nitrogens with zero attached hydrogens (tertiary/aromatic N) is 1. The third-order valence-electron chi connectivity index (χ3n) is 3.78. The Kier molecular flexibility index (Phi) is 3.69. The summed E-state index contributed by atoms with van der Waals surface area (Å²) in [5, 5.41) is 2.81. The molecule has 3 rings (SSSR count). The van der Waals surface area contributed by atoms with Gasteiger partial charge < -0.3 is 10.1 Å². The SMILES string of the molecule is O=C1CCN(CC(=O)c2ccc3c(c2)CCO3)CCN1. The number of carbonyl (C=O) groups excluding carboxylic acids is 2. The van der Waals surface area contributed by atoms with Gasteiger partial charge in [0.1, 0.15) is 5.75 Å². The summed E-state index contributed by atoms with van der Waals surface area (Å²) in [6.45, 7) is 3.06. The topological polar surface area (TPSA) is 58.6 Å². The van der Waals surface area contributed by atoms with Gasteiger partial charge in [0.2, 0.25) is 5.91 Å². The summed E-state index contributed by atoms with van der Waals surface area (Å²) in [4.78, 5) is 25.6. The molecule has 1 fully saturated rings. The molecule has 2 heterocycles. The molecule has 0 saturated carbocycles. The number of rotatable bonds is 3. The Morgan fingerprint density at radius 3 is 3.10 bits per heavy atom. The number of Topliss-reactive ketones (excluding diaryl/α,β-unsaturated/α-hetero) is 1. The van der Waals surface area contributed by atoms with Crippen LogP contribution in [0.2, 0.25) is 0 Å². The molecule has 2 aliphatic rings. The molecule has 0 bridgehead atoms.